The predicted octanol–water partition coefficient (Wildman–Crippen LogP) is 3.31. The van der Waals surface area contributed by atoms with Crippen molar-refractivity contribution in [2.24, 2.45) is 0 Å². The van der Waals surface area contributed by atoms with E-state index in [1.54, 1.807) is 10.6 Å². The first-order chi connectivity index (χ1) is 12.5. The largest absolute Gasteiger partial charge is 0.353 e. The van der Waals surface area contributed by atoms with Crippen molar-refractivity contribution in [2.45, 2.75) is 32.0 Å². The molecule has 1 amide bonds. The molecule has 0 spiro atoms. The molecule has 5 nitrogen and oxygen atoms in total. The molecule has 3 rings (SSSR count). The van der Waals surface area contributed by atoms with Crippen molar-refractivity contribution in [1.82, 2.24) is 14.9 Å². The second-order valence-corrected chi connectivity index (χ2v) is 7.34. The van der Waals surface area contributed by atoms with Crippen molar-refractivity contribution in [3.8, 4) is 5.69 Å². The van der Waals surface area contributed by atoms with Crippen molar-refractivity contribution in [3.63, 3.8) is 0 Å². The van der Waals surface area contributed by atoms with Crippen molar-refractivity contribution < 1.29 is 4.79 Å². The molecule has 6 heteroatoms. The summed E-state index contributed by atoms with van der Waals surface area (Å²) in [6.45, 7) is 5.83. The second-order valence-electron chi connectivity index (χ2n) is 6.40. The average molecular weight is 367 g/mol. The van der Waals surface area contributed by atoms with Gasteiger partial charge >= 0.3 is 0 Å². The van der Waals surface area contributed by atoms with Crippen LogP contribution in [0, 0.1) is 6.92 Å². The van der Waals surface area contributed by atoms with E-state index in [2.05, 4.69) is 10.3 Å². The first-order valence-corrected chi connectivity index (χ1v) is 9.45. The molecule has 1 heterocycles. The van der Waals surface area contributed by atoms with E-state index in [1.165, 1.54) is 11.8 Å². The summed E-state index contributed by atoms with van der Waals surface area (Å²) >= 11 is 1.26. The minimum atomic E-state index is -0.133. The van der Waals surface area contributed by atoms with E-state index in [1.807, 2.05) is 63.2 Å². The van der Waals surface area contributed by atoms with Gasteiger partial charge in [-0.2, -0.15) is 0 Å². The second kappa shape index (κ2) is 7.74. The van der Waals surface area contributed by atoms with Crippen LogP contribution in [0.25, 0.3) is 16.6 Å². The van der Waals surface area contributed by atoms with Gasteiger partial charge < -0.3 is 5.32 Å². The third-order valence-electron chi connectivity index (χ3n) is 3.82. The maximum atomic E-state index is 13.1. The van der Waals surface area contributed by atoms with Crippen molar-refractivity contribution in [1.29, 1.82) is 0 Å². The Hall–Kier alpha value is -2.60. The van der Waals surface area contributed by atoms with Gasteiger partial charge in [-0.05, 0) is 45.0 Å². The first-order valence-electron chi connectivity index (χ1n) is 8.46. The molecule has 0 saturated heterocycles. The third-order valence-corrected chi connectivity index (χ3v) is 4.76. The topological polar surface area (TPSA) is 64.0 Å². The SMILES string of the molecule is Cc1ccc(-n2c(SCC(=O)NC(C)C)nc3ccccc3c2=O)cc1. The van der Waals surface area contributed by atoms with E-state index in [9.17, 15) is 9.59 Å². The minimum Gasteiger partial charge on any atom is -0.353 e. The molecule has 1 aromatic heterocycles. The number of hydrogen-bond donors (Lipinski definition) is 1. The highest BCUT2D eigenvalue weighted by molar-refractivity contribution is 7.99. The maximum absolute atomic E-state index is 13.1. The molecule has 3 aromatic rings. The Balaban J connectivity index is 2.07. The average Bonchev–Trinajstić information content (AvgIpc) is 2.61. The maximum Gasteiger partial charge on any atom is 0.266 e. The van der Waals surface area contributed by atoms with E-state index in [-0.39, 0.29) is 23.3 Å². The number of thioether (sulfide) groups is 1. The van der Waals surface area contributed by atoms with Crippen LogP contribution in [0.3, 0.4) is 0 Å². The van der Waals surface area contributed by atoms with Gasteiger partial charge in [0.15, 0.2) is 5.16 Å². The fourth-order valence-corrected chi connectivity index (χ4v) is 3.45. The molecular formula is C20H21N3O2S. The summed E-state index contributed by atoms with van der Waals surface area (Å²) in [7, 11) is 0. The lowest BCUT2D eigenvalue weighted by atomic mass is 10.2. The van der Waals surface area contributed by atoms with E-state index >= 15 is 0 Å². The van der Waals surface area contributed by atoms with Gasteiger partial charge in [0.25, 0.3) is 5.56 Å². The van der Waals surface area contributed by atoms with Crippen LogP contribution in [-0.4, -0.2) is 27.3 Å². The Bertz CT molecular complexity index is 994. The van der Waals surface area contributed by atoms with E-state index in [0.717, 1.165) is 11.3 Å². The zero-order valence-electron chi connectivity index (χ0n) is 15.0. The van der Waals surface area contributed by atoms with Crippen LogP contribution >= 0.6 is 11.8 Å². The summed E-state index contributed by atoms with van der Waals surface area (Å²) in [5.41, 5.74) is 2.35. The molecule has 0 saturated carbocycles. The van der Waals surface area contributed by atoms with Crippen LogP contribution < -0.4 is 10.9 Å². The molecule has 134 valence electrons. The molecule has 0 aliphatic rings. The molecule has 0 fully saturated rings. The molecule has 1 N–H and O–H groups in total. The lowest BCUT2D eigenvalue weighted by molar-refractivity contribution is -0.119. The zero-order chi connectivity index (χ0) is 18.7. The molecule has 0 unspecified atom stereocenters. The van der Waals surface area contributed by atoms with Crippen molar-refractivity contribution in [2.75, 3.05) is 5.75 Å². The Morgan fingerprint density at radius 2 is 1.85 bits per heavy atom. The number of para-hydroxylation sites is 1. The Morgan fingerprint density at radius 3 is 2.54 bits per heavy atom. The monoisotopic (exact) mass is 367 g/mol. The molecule has 2 aromatic carbocycles. The van der Waals surface area contributed by atoms with Gasteiger partial charge in [0, 0.05) is 6.04 Å². The molecule has 0 radical (unpaired) electrons. The number of amides is 1. The van der Waals surface area contributed by atoms with Gasteiger partial charge in [-0.25, -0.2) is 4.98 Å². The van der Waals surface area contributed by atoms with Crippen LogP contribution in [0.1, 0.15) is 19.4 Å². The summed E-state index contributed by atoms with van der Waals surface area (Å²) in [5.74, 6) is 0.123. The molecule has 0 atom stereocenters. The third kappa shape index (κ3) is 3.96. The number of hydrogen-bond acceptors (Lipinski definition) is 4. The number of carbonyl (C=O) groups excluding carboxylic acids is 1. The van der Waals surface area contributed by atoms with Gasteiger partial charge in [0.1, 0.15) is 0 Å². The number of aryl methyl sites for hydroxylation is 1. The lowest BCUT2D eigenvalue weighted by Crippen LogP contribution is -2.32. The summed E-state index contributed by atoms with van der Waals surface area (Å²) in [5, 5.41) is 3.93. The number of nitrogens with zero attached hydrogens (tertiary/aromatic N) is 2. The van der Waals surface area contributed by atoms with Crippen LogP contribution in [0.5, 0.6) is 0 Å². The fraction of sp³-hybridized carbons (Fsp3) is 0.250. The van der Waals surface area contributed by atoms with Crippen LogP contribution in [0.4, 0.5) is 0 Å². The first kappa shape index (κ1) is 18.2. The standard InChI is InChI=1S/C20H21N3O2S/c1-13(2)21-18(24)12-26-20-22-17-7-5-4-6-16(17)19(25)23(20)15-10-8-14(3)9-11-15/h4-11,13H,12H2,1-3H3,(H,21,24). The summed E-state index contributed by atoms with van der Waals surface area (Å²) in [6, 6.07) is 15.0. The van der Waals surface area contributed by atoms with Crippen LogP contribution in [0.2, 0.25) is 0 Å². The van der Waals surface area contributed by atoms with Crippen molar-refractivity contribution >= 4 is 28.6 Å². The highest BCUT2D eigenvalue weighted by Gasteiger charge is 2.15. The molecule has 0 aliphatic heterocycles. The minimum absolute atomic E-state index is 0.0759. The fourth-order valence-electron chi connectivity index (χ4n) is 2.62. The summed E-state index contributed by atoms with van der Waals surface area (Å²) in [4.78, 5) is 29.7. The Morgan fingerprint density at radius 1 is 1.15 bits per heavy atom. The number of rotatable bonds is 5. The number of benzene rings is 2. The van der Waals surface area contributed by atoms with Gasteiger partial charge in [-0.15, -0.1) is 0 Å². The van der Waals surface area contributed by atoms with Crippen LogP contribution in [-0.2, 0) is 4.79 Å². The van der Waals surface area contributed by atoms with Crippen LogP contribution in [0.15, 0.2) is 58.5 Å². The molecule has 0 bridgehead atoms. The Labute approximate surface area is 156 Å². The van der Waals surface area contributed by atoms with E-state index in [4.69, 9.17) is 0 Å². The van der Waals surface area contributed by atoms with Crippen molar-refractivity contribution in [3.05, 3.63) is 64.4 Å². The molecule has 0 aliphatic carbocycles. The predicted molar refractivity (Wildman–Crippen MR) is 106 cm³/mol. The normalized spacial score (nSPS) is 11.1. The molecular weight excluding hydrogens is 346 g/mol. The number of aromatic nitrogens is 2. The van der Waals surface area contributed by atoms with E-state index < -0.39 is 0 Å². The van der Waals surface area contributed by atoms with Gasteiger partial charge in [-0.3, -0.25) is 14.2 Å². The smallest absolute Gasteiger partial charge is 0.266 e. The van der Waals surface area contributed by atoms with Gasteiger partial charge in [0.2, 0.25) is 5.91 Å². The zero-order valence-corrected chi connectivity index (χ0v) is 15.8. The summed E-state index contributed by atoms with van der Waals surface area (Å²) < 4.78 is 1.58. The molecule has 26 heavy (non-hydrogen) atoms. The van der Waals surface area contributed by atoms with Gasteiger partial charge in [-0.1, -0.05) is 41.6 Å². The highest BCUT2D eigenvalue weighted by atomic mass is 32.2. The summed E-state index contributed by atoms with van der Waals surface area (Å²) in [6.07, 6.45) is 0. The quantitative estimate of drug-likeness (QED) is 0.555. The number of nitrogens with one attached hydrogen (secondary N) is 1. The van der Waals surface area contributed by atoms with E-state index in [0.29, 0.717) is 16.1 Å². The lowest BCUT2D eigenvalue weighted by Gasteiger charge is -2.14. The number of fused-ring (bicyclic) bond motifs is 1. The Kier molecular flexibility index (Phi) is 5.42. The van der Waals surface area contributed by atoms with Gasteiger partial charge in [0.05, 0.1) is 22.3 Å². The highest BCUT2D eigenvalue weighted by Crippen LogP contribution is 2.21. The number of carbonyl (C=O) groups is 1.